The van der Waals surface area contributed by atoms with Crippen molar-refractivity contribution in [2.24, 2.45) is 11.8 Å². The van der Waals surface area contributed by atoms with Gasteiger partial charge in [-0.2, -0.15) is 11.8 Å². The van der Waals surface area contributed by atoms with Crippen LogP contribution in [0, 0.1) is 17.7 Å². The standard InChI is InChI=1S/C20H25FN2O3S/c1-27-11-10-17(18(24)22-12-13-6-8-14(21)9-7-13)23-19(25)15-4-2-3-5-16(15)20(23)26/h6-9,15-17H,2-5,10-12H2,1H3,(H,22,24)/t15-,16-,17+/m0/s1. The predicted octanol–water partition coefficient (Wildman–Crippen LogP) is 2.74. The Balaban J connectivity index is 1.72. The number of imide groups is 1. The molecule has 1 aliphatic heterocycles. The van der Waals surface area contributed by atoms with E-state index in [2.05, 4.69) is 5.32 Å². The Morgan fingerprint density at radius 1 is 1.19 bits per heavy atom. The summed E-state index contributed by atoms with van der Waals surface area (Å²) in [7, 11) is 0. The number of thioether (sulfide) groups is 1. The van der Waals surface area contributed by atoms with Crippen molar-refractivity contribution in [1.29, 1.82) is 0 Å². The van der Waals surface area contributed by atoms with Gasteiger partial charge in [0.2, 0.25) is 17.7 Å². The minimum Gasteiger partial charge on any atom is -0.350 e. The SMILES string of the molecule is CSCC[C@H](C(=O)NCc1ccc(F)cc1)N1C(=O)[C@H]2CCCC[C@@H]2C1=O. The highest BCUT2D eigenvalue weighted by molar-refractivity contribution is 7.98. The zero-order valence-corrected chi connectivity index (χ0v) is 16.3. The van der Waals surface area contributed by atoms with Gasteiger partial charge in [0, 0.05) is 6.54 Å². The molecule has 5 nitrogen and oxygen atoms in total. The second-order valence-corrected chi connectivity index (χ2v) is 8.17. The highest BCUT2D eigenvalue weighted by atomic mass is 32.2. The lowest BCUT2D eigenvalue weighted by Gasteiger charge is -2.26. The molecule has 0 spiro atoms. The van der Waals surface area contributed by atoms with Crippen molar-refractivity contribution in [3.63, 3.8) is 0 Å². The van der Waals surface area contributed by atoms with Crippen LogP contribution < -0.4 is 5.32 Å². The largest absolute Gasteiger partial charge is 0.350 e. The van der Waals surface area contributed by atoms with Gasteiger partial charge in [-0.1, -0.05) is 25.0 Å². The van der Waals surface area contributed by atoms with Crippen LogP contribution in [0.15, 0.2) is 24.3 Å². The molecular weight excluding hydrogens is 367 g/mol. The van der Waals surface area contributed by atoms with Crippen LogP contribution in [0.2, 0.25) is 0 Å². The first-order chi connectivity index (χ1) is 13.0. The molecule has 1 N–H and O–H groups in total. The minimum atomic E-state index is -0.775. The number of hydrogen-bond donors (Lipinski definition) is 1. The zero-order chi connectivity index (χ0) is 19.4. The molecule has 3 atom stereocenters. The fourth-order valence-electron chi connectivity index (χ4n) is 4.01. The Kier molecular flexibility index (Phi) is 6.52. The van der Waals surface area contributed by atoms with E-state index in [4.69, 9.17) is 0 Å². The maximum Gasteiger partial charge on any atom is 0.243 e. The Morgan fingerprint density at radius 3 is 2.33 bits per heavy atom. The van der Waals surface area contributed by atoms with Gasteiger partial charge in [-0.3, -0.25) is 19.3 Å². The van der Waals surface area contributed by atoms with E-state index < -0.39 is 6.04 Å². The van der Waals surface area contributed by atoms with Crippen LogP contribution in [0.4, 0.5) is 4.39 Å². The first kappa shape index (κ1) is 19.9. The molecule has 146 valence electrons. The number of halogens is 1. The van der Waals surface area contributed by atoms with Crippen molar-refractivity contribution < 1.29 is 18.8 Å². The summed E-state index contributed by atoms with van der Waals surface area (Å²) in [5, 5.41) is 2.81. The molecule has 1 saturated heterocycles. The topological polar surface area (TPSA) is 66.5 Å². The molecule has 2 aliphatic rings. The Bertz CT molecular complexity index is 686. The van der Waals surface area contributed by atoms with Crippen molar-refractivity contribution in [1.82, 2.24) is 10.2 Å². The van der Waals surface area contributed by atoms with Crippen LogP contribution in [-0.2, 0) is 20.9 Å². The lowest BCUT2D eigenvalue weighted by atomic mass is 9.81. The Labute approximate surface area is 163 Å². The average Bonchev–Trinajstić information content (AvgIpc) is 2.93. The van der Waals surface area contributed by atoms with E-state index in [0.717, 1.165) is 31.2 Å². The molecule has 0 unspecified atom stereocenters. The van der Waals surface area contributed by atoms with Crippen LogP contribution in [0.3, 0.4) is 0 Å². The normalized spacial score (nSPS) is 23.3. The fraction of sp³-hybridized carbons (Fsp3) is 0.550. The molecular formula is C20H25FN2O3S. The van der Waals surface area contributed by atoms with Crippen molar-refractivity contribution >= 4 is 29.5 Å². The van der Waals surface area contributed by atoms with E-state index in [-0.39, 0.29) is 41.9 Å². The molecule has 27 heavy (non-hydrogen) atoms. The summed E-state index contributed by atoms with van der Waals surface area (Å²) in [5.41, 5.74) is 0.765. The maximum absolute atomic E-state index is 13.0. The van der Waals surface area contributed by atoms with E-state index in [1.165, 1.54) is 17.0 Å². The average molecular weight is 392 g/mol. The summed E-state index contributed by atoms with van der Waals surface area (Å²) in [5.74, 6) is -0.866. The third-order valence-electron chi connectivity index (χ3n) is 5.46. The van der Waals surface area contributed by atoms with Crippen LogP contribution in [0.5, 0.6) is 0 Å². The molecule has 1 saturated carbocycles. The predicted molar refractivity (Wildman–Crippen MR) is 102 cm³/mol. The Hall–Kier alpha value is -1.89. The second kappa shape index (κ2) is 8.87. The van der Waals surface area contributed by atoms with E-state index in [0.29, 0.717) is 12.2 Å². The van der Waals surface area contributed by atoms with Gasteiger partial charge in [-0.25, -0.2) is 4.39 Å². The first-order valence-electron chi connectivity index (χ1n) is 9.41. The van der Waals surface area contributed by atoms with Crippen molar-refractivity contribution in [3.05, 3.63) is 35.6 Å². The second-order valence-electron chi connectivity index (χ2n) is 7.19. The minimum absolute atomic E-state index is 0.187. The highest BCUT2D eigenvalue weighted by Crippen LogP contribution is 2.39. The summed E-state index contributed by atoms with van der Waals surface area (Å²) in [4.78, 5) is 39.8. The summed E-state index contributed by atoms with van der Waals surface area (Å²) in [6, 6.07) is 5.11. The molecule has 1 aromatic carbocycles. The van der Waals surface area contributed by atoms with Crippen LogP contribution in [-0.4, -0.2) is 40.7 Å². The number of carbonyl (C=O) groups is 3. The third-order valence-corrected chi connectivity index (χ3v) is 6.11. The molecule has 3 amide bonds. The summed E-state index contributed by atoms with van der Waals surface area (Å²) >= 11 is 1.58. The quantitative estimate of drug-likeness (QED) is 0.725. The van der Waals surface area contributed by atoms with E-state index in [1.54, 1.807) is 23.9 Å². The van der Waals surface area contributed by atoms with Gasteiger partial charge in [0.05, 0.1) is 11.8 Å². The lowest BCUT2D eigenvalue weighted by Crippen LogP contribution is -2.50. The molecule has 1 aliphatic carbocycles. The monoisotopic (exact) mass is 392 g/mol. The van der Waals surface area contributed by atoms with Gasteiger partial charge < -0.3 is 5.32 Å². The summed E-state index contributed by atoms with van der Waals surface area (Å²) < 4.78 is 13.0. The molecule has 2 fully saturated rings. The number of nitrogens with zero attached hydrogens (tertiary/aromatic N) is 1. The van der Waals surface area contributed by atoms with E-state index >= 15 is 0 Å². The molecule has 1 aromatic rings. The smallest absolute Gasteiger partial charge is 0.243 e. The van der Waals surface area contributed by atoms with Crippen molar-refractivity contribution in [2.75, 3.05) is 12.0 Å². The Morgan fingerprint density at radius 2 is 1.78 bits per heavy atom. The number of hydrogen-bond acceptors (Lipinski definition) is 4. The van der Waals surface area contributed by atoms with Gasteiger partial charge in [-0.15, -0.1) is 0 Å². The highest BCUT2D eigenvalue weighted by Gasteiger charge is 2.51. The number of amides is 3. The summed E-state index contributed by atoms with van der Waals surface area (Å²) in [6.07, 6.45) is 5.76. The van der Waals surface area contributed by atoms with Crippen molar-refractivity contribution in [3.8, 4) is 0 Å². The third kappa shape index (κ3) is 4.34. The number of likely N-dealkylation sites (tertiary alicyclic amines) is 1. The van der Waals surface area contributed by atoms with Crippen LogP contribution in [0.1, 0.15) is 37.7 Å². The molecule has 3 rings (SSSR count). The van der Waals surface area contributed by atoms with Crippen LogP contribution in [0.25, 0.3) is 0 Å². The number of carbonyl (C=O) groups excluding carboxylic acids is 3. The fourth-order valence-corrected chi connectivity index (χ4v) is 4.47. The van der Waals surface area contributed by atoms with E-state index in [9.17, 15) is 18.8 Å². The van der Waals surface area contributed by atoms with Gasteiger partial charge in [-0.05, 0) is 49.0 Å². The van der Waals surface area contributed by atoms with Gasteiger partial charge in [0.1, 0.15) is 11.9 Å². The van der Waals surface area contributed by atoms with Gasteiger partial charge in [0.15, 0.2) is 0 Å². The van der Waals surface area contributed by atoms with Crippen molar-refractivity contribution in [2.45, 2.75) is 44.7 Å². The first-order valence-corrected chi connectivity index (χ1v) is 10.8. The maximum atomic E-state index is 13.0. The molecule has 0 aromatic heterocycles. The number of fused-ring (bicyclic) bond motifs is 1. The lowest BCUT2D eigenvalue weighted by molar-refractivity contribution is -0.148. The molecule has 0 radical (unpaired) electrons. The zero-order valence-electron chi connectivity index (χ0n) is 15.4. The molecule has 7 heteroatoms. The van der Waals surface area contributed by atoms with Gasteiger partial charge in [0.25, 0.3) is 0 Å². The number of rotatable bonds is 7. The summed E-state index contributed by atoms with van der Waals surface area (Å²) in [6.45, 7) is 0.234. The van der Waals surface area contributed by atoms with Crippen LogP contribution >= 0.6 is 11.8 Å². The number of benzene rings is 1. The van der Waals surface area contributed by atoms with E-state index in [1.807, 2.05) is 6.26 Å². The number of nitrogens with one attached hydrogen (secondary N) is 1. The van der Waals surface area contributed by atoms with Gasteiger partial charge >= 0.3 is 0 Å². The molecule has 0 bridgehead atoms. The molecule has 1 heterocycles.